The predicted molar refractivity (Wildman–Crippen MR) is 83.7 cm³/mol. The molecule has 116 valence electrons. The van der Waals surface area contributed by atoms with E-state index in [0.717, 1.165) is 32.2 Å². The van der Waals surface area contributed by atoms with Crippen LogP contribution in [0.5, 0.6) is 0 Å². The Balaban J connectivity index is 2.73. The highest BCUT2D eigenvalue weighted by Gasteiger charge is 2.33. The van der Waals surface area contributed by atoms with Gasteiger partial charge >= 0.3 is 0 Å². The van der Waals surface area contributed by atoms with Crippen molar-refractivity contribution in [1.82, 2.24) is 4.90 Å². The molecule has 0 aromatic carbocycles. The van der Waals surface area contributed by atoms with Crippen LogP contribution < -0.4 is 0 Å². The van der Waals surface area contributed by atoms with E-state index in [1.54, 1.807) is 0 Å². The van der Waals surface area contributed by atoms with Gasteiger partial charge in [-0.2, -0.15) is 0 Å². The van der Waals surface area contributed by atoms with Crippen LogP contribution in [0.25, 0.3) is 0 Å². The number of carbonyl (C=O) groups is 1. The number of allylic oxidation sites excluding steroid dienone is 2. The van der Waals surface area contributed by atoms with E-state index in [-0.39, 0.29) is 17.7 Å². The van der Waals surface area contributed by atoms with Crippen molar-refractivity contribution in [2.75, 3.05) is 13.6 Å². The first-order valence-electron chi connectivity index (χ1n) is 8.10. The van der Waals surface area contributed by atoms with Crippen molar-refractivity contribution in [1.29, 1.82) is 0 Å². The maximum absolute atomic E-state index is 12.4. The predicted octanol–water partition coefficient (Wildman–Crippen LogP) is 3.17. The third-order valence-corrected chi connectivity index (χ3v) is 4.39. The Kier molecular flexibility index (Phi) is 8.08. The van der Waals surface area contributed by atoms with Gasteiger partial charge in [-0.05, 0) is 45.7 Å². The molecule has 1 heterocycles. The van der Waals surface area contributed by atoms with E-state index < -0.39 is 6.10 Å². The summed E-state index contributed by atoms with van der Waals surface area (Å²) in [6.07, 6.45) is 10.6. The SMILES string of the molecule is C/C=C/C[C@@H](C)[C@@H](O)[C@H]1C(=O)CCCCCCCN1C. The molecule has 1 N–H and O–H groups in total. The van der Waals surface area contributed by atoms with E-state index in [1.165, 1.54) is 12.8 Å². The second-order valence-corrected chi connectivity index (χ2v) is 6.18. The Morgan fingerprint density at radius 3 is 2.65 bits per heavy atom. The molecule has 20 heavy (non-hydrogen) atoms. The molecule has 0 amide bonds. The standard InChI is InChI=1S/C17H31NO2/c1-4-5-11-14(2)17(20)16-15(19)12-9-7-6-8-10-13-18(16)3/h4-5,14,16-17,20H,6-13H2,1-3H3/b5-4+/t14-,16-,17-/m1/s1. The minimum atomic E-state index is -0.567. The van der Waals surface area contributed by atoms with Crippen molar-refractivity contribution in [2.45, 2.75) is 70.9 Å². The van der Waals surface area contributed by atoms with Crippen molar-refractivity contribution >= 4 is 5.78 Å². The molecule has 0 saturated carbocycles. The van der Waals surface area contributed by atoms with Crippen molar-refractivity contribution < 1.29 is 9.90 Å². The molecule has 0 aliphatic carbocycles. The van der Waals surface area contributed by atoms with Crippen LogP contribution in [0.2, 0.25) is 0 Å². The first-order chi connectivity index (χ1) is 9.57. The lowest BCUT2D eigenvalue weighted by molar-refractivity contribution is -0.129. The van der Waals surface area contributed by atoms with E-state index in [9.17, 15) is 9.90 Å². The summed E-state index contributed by atoms with van der Waals surface area (Å²) in [5, 5.41) is 10.6. The van der Waals surface area contributed by atoms with Crippen LogP contribution in [0.1, 0.15) is 58.8 Å². The molecule has 1 rings (SSSR count). The van der Waals surface area contributed by atoms with Crippen LogP contribution in [0.3, 0.4) is 0 Å². The lowest BCUT2D eigenvalue weighted by Crippen LogP contribution is -2.50. The molecule has 3 atom stereocenters. The number of nitrogens with zero attached hydrogens (tertiary/aromatic N) is 1. The quantitative estimate of drug-likeness (QED) is 0.805. The van der Waals surface area contributed by atoms with Gasteiger partial charge in [-0.1, -0.05) is 38.3 Å². The molecular weight excluding hydrogens is 250 g/mol. The normalized spacial score (nSPS) is 26.6. The lowest BCUT2D eigenvalue weighted by Gasteiger charge is -2.34. The van der Waals surface area contributed by atoms with Gasteiger partial charge in [-0.25, -0.2) is 0 Å². The number of likely N-dealkylation sites (N-methyl/N-ethyl adjacent to an activating group) is 1. The Morgan fingerprint density at radius 1 is 1.30 bits per heavy atom. The summed E-state index contributed by atoms with van der Waals surface area (Å²) in [5.74, 6) is 0.333. The molecule has 3 heteroatoms. The summed E-state index contributed by atoms with van der Waals surface area (Å²) in [6.45, 7) is 4.92. The highest BCUT2D eigenvalue weighted by Crippen LogP contribution is 2.21. The minimum absolute atomic E-state index is 0.116. The first kappa shape index (κ1) is 17.4. The zero-order valence-electron chi connectivity index (χ0n) is 13.3. The maximum atomic E-state index is 12.4. The largest absolute Gasteiger partial charge is 0.391 e. The van der Waals surface area contributed by atoms with Crippen molar-refractivity contribution in [3.8, 4) is 0 Å². The molecule has 3 nitrogen and oxygen atoms in total. The molecule has 1 fully saturated rings. The summed E-state index contributed by atoms with van der Waals surface area (Å²) in [6, 6.07) is -0.326. The molecule has 1 saturated heterocycles. The third kappa shape index (κ3) is 5.37. The average Bonchev–Trinajstić information content (AvgIpc) is 2.43. The van der Waals surface area contributed by atoms with Gasteiger partial charge in [0.2, 0.25) is 0 Å². The fourth-order valence-corrected chi connectivity index (χ4v) is 2.98. The third-order valence-electron chi connectivity index (χ3n) is 4.39. The number of aliphatic hydroxyl groups excluding tert-OH is 1. The minimum Gasteiger partial charge on any atom is -0.391 e. The number of aliphatic hydroxyl groups is 1. The van der Waals surface area contributed by atoms with Gasteiger partial charge < -0.3 is 5.11 Å². The number of hydrogen-bond acceptors (Lipinski definition) is 3. The van der Waals surface area contributed by atoms with Gasteiger partial charge in [0, 0.05) is 6.42 Å². The monoisotopic (exact) mass is 281 g/mol. The highest BCUT2D eigenvalue weighted by molar-refractivity contribution is 5.84. The van der Waals surface area contributed by atoms with Crippen molar-refractivity contribution in [3.63, 3.8) is 0 Å². The summed E-state index contributed by atoms with van der Waals surface area (Å²) in [5.41, 5.74) is 0. The van der Waals surface area contributed by atoms with E-state index in [2.05, 4.69) is 11.0 Å². The van der Waals surface area contributed by atoms with Crippen molar-refractivity contribution in [3.05, 3.63) is 12.2 Å². The van der Waals surface area contributed by atoms with Gasteiger partial charge in [0.25, 0.3) is 0 Å². The summed E-state index contributed by atoms with van der Waals surface area (Å²) in [7, 11) is 1.98. The van der Waals surface area contributed by atoms with Gasteiger partial charge in [0.05, 0.1) is 12.1 Å². The smallest absolute Gasteiger partial charge is 0.152 e. The summed E-state index contributed by atoms with van der Waals surface area (Å²) >= 11 is 0. The summed E-state index contributed by atoms with van der Waals surface area (Å²) < 4.78 is 0. The van der Waals surface area contributed by atoms with Crippen LogP contribution in [0.15, 0.2) is 12.2 Å². The van der Waals surface area contributed by atoms with Crippen LogP contribution >= 0.6 is 0 Å². The lowest BCUT2D eigenvalue weighted by atomic mass is 9.89. The van der Waals surface area contributed by atoms with Crippen LogP contribution in [0, 0.1) is 5.92 Å². The van der Waals surface area contributed by atoms with Gasteiger partial charge in [0.15, 0.2) is 5.78 Å². The van der Waals surface area contributed by atoms with E-state index in [4.69, 9.17) is 0 Å². The molecule has 0 bridgehead atoms. The molecule has 1 aliphatic heterocycles. The maximum Gasteiger partial charge on any atom is 0.152 e. The van der Waals surface area contributed by atoms with E-state index in [0.29, 0.717) is 6.42 Å². The molecule has 0 spiro atoms. The first-order valence-corrected chi connectivity index (χ1v) is 8.10. The average molecular weight is 281 g/mol. The highest BCUT2D eigenvalue weighted by atomic mass is 16.3. The number of Topliss-reactive ketones (excluding diaryl/α,β-unsaturated/α-hetero) is 1. The Bertz CT molecular complexity index is 314. The molecule has 0 aromatic heterocycles. The number of ketones is 1. The molecule has 1 aliphatic rings. The molecule has 0 unspecified atom stereocenters. The Labute approximate surface area is 124 Å². The zero-order chi connectivity index (χ0) is 15.0. The second-order valence-electron chi connectivity index (χ2n) is 6.18. The van der Waals surface area contributed by atoms with Gasteiger partial charge in [-0.3, -0.25) is 9.69 Å². The van der Waals surface area contributed by atoms with Gasteiger partial charge in [0.1, 0.15) is 0 Å². The topological polar surface area (TPSA) is 40.5 Å². The number of rotatable bonds is 4. The second kappa shape index (κ2) is 9.30. The number of carbonyl (C=O) groups excluding carboxylic acids is 1. The van der Waals surface area contributed by atoms with Crippen LogP contribution in [-0.4, -0.2) is 41.5 Å². The molecular formula is C17H31NO2. The molecule has 0 radical (unpaired) electrons. The van der Waals surface area contributed by atoms with Crippen LogP contribution in [-0.2, 0) is 4.79 Å². The number of hydrogen-bond donors (Lipinski definition) is 1. The summed E-state index contributed by atoms with van der Waals surface area (Å²) in [4.78, 5) is 14.5. The van der Waals surface area contributed by atoms with E-state index in [1.807, 2.05) is 27.0 Å². The van der Waals surface area contributed by atoms with E-state index >= 15 is 0 Å². The van der Waals surface area contributed by atoms with Crippen LogP contribution in [0.4, 0.5) is 0 Å². The van der Waals surface area contributed by atoms with Gasteiger partial charge in [-0.15, -0.1) is 0 Å². The fraction of sp³-hybridized carbons (Fsp3) is 0.824. The zero-order valence-corrected chi connectivity index (χ0v) is 13.3. The Hall–Kier alpha value is -0.670. The Morgan fingerprint density at radius 2 is 1.95 bits per heavy atom. The van der Waals surface area contributed by atoms with Crippen molar-refractivity contribution in [2.24, 2.45) is 5.92 Å². The fourth-order valence-electron chi connectivity index (χ4n) is 2.98. The molecule has 0 aromatic rings.